The van der Waals surface area contributed by atoms with Crippen molar-refractivity contribution in [2.45, 2.75) is 32.0 Å². The number of halogens is 3. The molecular weight excluding hydrogens is 251 g/mol. The lowest BCUT2D eigenvalue weighted by Gasteiger charge is -2.11. The Bertz CT molecular complexity index is 446. The number of hydrogen-bond acceptors (Lipinski definition) is 3. The van der Waals surface area contributed by atoms with Crippen LogP contribution in [0.2, 0.25) is 0 Å². The molecule has 0 bridgehead atoms. The highest BCUT2D eigenvalue weighted by Gasteiger charge is 2.38. The van der Waals surface area contributed by atoms with Gasteiger partial charge in [-0.2, -0.15) is 13.2 Å². The van der Waals surface area contributed by atoms with E-state index in [0.29, 0.717) is 6.42 Å². The number of nitro groups is 1. The van der Waals surface area contributed by atoms with Crippen molar-refractivity contribution in [3.63, 3.8) is 0 Å². The smallest absolute Gasteiger partial charge is 0.393 e. The lowest BCUT2D eigenvalue weighted by Crippen LogP contribution is -2.12. The first-order valence-electron chi connectivity index (χ1n) is 5.28. The summed E-state index contributed by atoms with van der Waals surface area (Å²) in [5.74, 6) is 0. The Hall–Kier alpha value is -1.63. The standard InChI is InChI=1S/C11H12F3NO3/c1-2-8(16)5-7-3-4-10(15(17)18)9(6-7)11(12,13)14/h3-4,6,8,16H,2,5H2,1H3. The highest BCUT2D eigenvalue weighted by atomic mass is 19.4. The molecule has 1 N–H and O–H groups in total. The normalized spacial score (nSPS) is 13.4. The summed E-state index contributed by atoms with van der Waals surface area (Å²) in [6, 6.07) is 2.77. The highest BCUT2D eigenvalue weighted by molar-refractivity contribution is 5.44. The Balaban J connectivity index is 3.18. The van der Waals surface area contributed by atoms with Gasteiger partial charge in [0.2, 0.25) is 0 Å². The van der Waals surface area contributed by atoms with Crippen molar-refractivity contribution in [3.8, 4) is 0 Å². The highest BCUT2D eigenvalue weighted by Crippen LogP contribution is 2.36. The molecule has 0 saturated carbocycles. The van der Waals surface area contributed by atoms with Crippen LogP contribution in [-0.2, 0) is 12.6 Å². The van der Waals surface area contributed by atoms with Gasteiger partial charge in [-0.25, -0.2) is 0 Å². The Morgan fingerprint density at radius 2 is 2.06 bits per heavy atom. The van der Waals surface area contributed by atoms with E-state index in [1.807, 2.05) is 0 Å². The molecule has 1 aromatic rings. The van der Waals surface area contributed by atoms with Crippen LogP contribution in [0.25, 0.3) is 0 Å². The molecule has 100 valence electrons. The molecule has 0 aliphatic rings. The molecule has 1 atom stereocenters. The first-order valence-corrected chi connectivity index (χ1v) is 5.28. The van der Waals surface area contributed by atoms with Crippen molar-refractivity contribution in [1.82, 2.24) is 0 Å². The molecule has 0 spiro atoms. The van der Waals surface area contributed by atoms with Gasteiger partial charge in [0.1, 0.15) is 5.56 Å². The van der Waals surface area contributed by atoms with E-state index in [1.165, 1.54) is 6.07 Å². The summed E-state index contributed by atoms with van der Waals surface area (Å²) >= 11 is 0. The van der Waals surface area contributed by atoms with Gasteiger partial charge in [0, 0.05) is 6.07 Å². The lowest BCUT2D eigenvalue weighted by molar-refractivity contribution is -0.388. The zero-order valence-corrected chi connectivity index (χ0v) is 9.57. The monoisotopic (exact) mass is 263 g/mol. The van der Waals surface area contributed by atoms with E-state index >= 15 is 0 Å². The first kappa shape index (κ1) is 14.4. The van der Waals surface area contributed by atoms with E-state index in [-0.39, 0.29) is 12.0 Å². The summed E-state index contributed by atoms with van der Waals surface area (Å²) in [7, 11) is 0. The number of benzene rings is 1. The fourth-order valence-corrected chi connectivity index (χ4v) is 1.51. The van der Waals surface area contributed by atoms with E-state index in [4.69, 9.17) is 0 Å². The van der Waals surface area contributed by atoms with Crippen LogP contribution < -0.4 is 0 Å². The fourth-order valence-electron chi connectivity index (χ4n) is 1.51. The summed E-state index contributed by atoms with van der Waals surface area (Å²) in [4.78, 5) is 9.45. The number of aliphatic hydroxyl groups excluding tert-OH is 1. The fraction of sp³-hybridized carbons (Fsp3) is 0.455. The average Bonchev–Trinajstić information content (AvgIpc) is 2.27. The van der Waals surface area contributed by atoms with Crippen LogP contribution in [0, 0.1) is 10.1 Å². The largest absolute Gasteiger partial charge is 0.423 e. The molecule has 0 saturated heterocycles. The maximum Gasteiger partial charge on any atom is 0.423 e. The predicted octanol–water partition coefficient (Wildman–Crippen LogP) is 2.93. The lowest BCUT2D eigenvalue weighted by atomic mass is 10.0. The van der Waals surface area contributed by atoms with Crippen LogP contribution in [0.4, 0.5) is 18.9 Å². The molecule has 0 aromatic heterocycles. The van der Waals surface area contributed by atoms with Gasteiger partial charge in [-0.3, -0.25) is 10.1 Å². The van der Waals surface area contributed by atoms with Gasteiger partial charge >= 0.3 is 6.18 Å². The molecule has 0 amide bonds. The number of rotatable bonds is 4. The SMILES string of the molecule is CCC(O)Cc1ccc([N+](=O)[O-])c(C(F)(F)F)c1. The van der Waals surface area contributed by atoms with Gasteiger partial charge in [0.15, 0.2) is 0 Å². The van der Waals surface area contributed by atoms with Crippen LogP contribution in [0.3, 0.4) is 0 Å². The third-order valence-electron chi connectivity index (χ3n) is 2.51. The second-order valence-electron chi connectivity index (χ2n) is 3.87. The van der Waals surface area contributed by atoms with Crippen molar-refractivity contribution in [1.29, 1.82) is 0 Å². The van der Waals surface area contributed by atoms with Crippen LogP contribution in [0.5, 0.6) is 0 Å². The summed E-state index contributed by atoms with van der Waals surface area (Å²) in [6.07, 6.45) is -5.10. The van der Waals surface area contributed by atoms with E-state index < -0.39 is 28.5 Å². The predicted molar refractivity (Wildman–Crippen MR) is 58.1 cm³/mol. The molecule has 18 heavy (non-hydrogen) atoms. The molecule has 0 fully saturated rings. The third-order valence-corrected chi connectivity index (χ3v) is 2.51. The molecule has 7 heteroatoms. The summed E-state index contributed by atoms with van der Waals surface area (Å²) in [6.45, 7) is 1.70. The minimum atomic E-state index is -4.78. The number of nitrogens with zero attached hydrogens (tertiary/aromatic N) is 1. The zero-order valence-electron chi connectivity index (χ0n) is 9.57. The maximum absolute atomic E-state index is 12.6. The number of aliphatic hydroxyl groups is 1. The van der Waals surface area contributed by atoms with Gasteiger partial charge in [-0.15, -0.1) is 0 Å². The van der Waals surface area contributed by atoms with E-state index in [0.717, 1.165) is 12.1 Å². The summed E-state index contributed by atoms with van der Waals surface area (Å²) in [5.41, 5.74) is -2.03. The van der Waals surface area contributed by atoms with Crippen LogP contribution >= 0.6 is 0 Å². The van der Waals surface area contributed by atoms with Crippen molar-refractivity contribution in [3.05, 3.63) is 39.4 Å². The molecule has 4 nitrogen and oxygen atoms in total. The van der Waals surface area contributed by atoms with Gasteiger partial charge in [-0.1, -0.05) is 13.0 Å². The minimum Gasteiger partial charge on any atom is -0.393 e. The maximum atomic E-state index is 12.6. The summed E-state index contributed by atoms with van der Waals surface area (Å²) in [5, 5.41) is 19.9. The minimum absolute atomic E-state index is 0.0393. The molecule has 1 unspecified atom stereocenters. The quantitative estimate of drug-likeness (QED) is 0.671. The topological polar surface area (TPSA) is 63.4 Å². The van der Waals surface area contributed by atoms with Gasteiger partial charge < -0.3 is 5.11 Å². The summed E-state index contributed by atoms with van der Waals surface area (Å²) < 4.78 is 37.9. The van der Waals surface area contributed by atoms with Gasteiger partial charge in [-0.05, 0) is 24.5 Å². The number of alkyl halides is 3. The van der Waals surface area contributed by atoms with E-state index in [9.17, 15) is 28.4 Å². The number of hydrogen-bond donors (Lipinski definition) is 1. The molecule has 0 heterocycles. The third kappa shape index (κ3) is 3.43. The Labute approximate surface area is 101 Å². The molecular formula is C11H12F3NO3. The van der Waals surface area contributed by atoms with Crippen LogP contribution in [-0.4, -0.2) is 16.1 Å². The van der Waals surface area contributed by atoms with E-state index in [2.05, 4.69) is 0 Å². The van der Waals surface area contributed by atoms with Crippen LogP contribution in [0.1, 0.15) is 24.5 Å². The van der Waals surface area contributed by atoms with Crippen molar-refractivity contribution in [2.75, 3.05) is 0 Å². The van der Waals surface area contributed by atoms with Crippen molar-refractivity contribution >= 4 is 5.69 Å². The van der Waals surface area contributed by atoms with E-state index in [1.54, 1.807) is 6.92 Å². The molecule has 1 aromatic carbocycles. The first-order chi connectivity index (χ1) is 8.25. The molecule has 0 radical (unpaired) electrons. The van der Waals surface area contributed by atoms with Crippen LogP contribution in [0.15, 0.2) is 18.2 Å². The Morgan fingerprint density at radius 3 is 2.50 bits per heavy atom. The molecule has 1 rings (SSSR count). The Kier molecular flexibility index (Phi) is 4.28. The average molecular weight is 263 g/mol. The Morgan fingerprint density at radius 1 is 1.44 bits per heavy atom. The molecule has 0 aliphatic carbocycles. The number of nitro benzene ring substituents is 1. The zero-order chi connectivity index (χ0) is 13.9. The van der Waals surface area contributed by atoms with Crippen molar-refractivity contribution < 1.29 is 23.2 Å². The van der Waals surface area contributed by atoms with Gasteiger partial charge in [0.05, 0.1) is 11.0 Å². The molecule has 0 aliphatic heterocycles. The second kappa shape index (κ2) is 5.34. The second-order valence-corrected chi connectivity index (χ2v) is 3.87. The van der Waals surface area contributed by atoms with Gasteiger partial charge in [0.25, 0.3) is 5.69 Å². The van der Waals surface area contributed by atoms with Crippen molar-refractivity contribution in [2.24, 2.45) is 0 Å².